The molecule has 0 saturated heterocycles. The summed E-state index contributed by atoms with van der Waals surface area (Å²) in [5.74, 6) is -0.491. The molecule has 0 saturated carbocycles. The van der Waals surface area contributed by atoms with Crippen LogP contribution in [-0.2, 0) is 17.8 Å². The van der Waals surface area contributed by atoms with Gasteiger partial charge in [0.2, 0.25) is 0 Å². The molecule has 0 bridgehead atoms. The van der Waals surface area contributed by atoms with Gasteiger partial charge in [-0.25, -0.2) is 4.79 Å². The average Bonchev–Trinajstić information content (AvgIpc) is 2.83. The SMILES string of the molecule is COCCn1c(N)c(N(Cc2ccccc2)C(=O)c2cccc3ccccc23)c(=O)[nH]c1=O. The van der Waals surface area contributed by atoms with E-state index in [1.54, 1.807) is 12.1 Å². The zero-order valence-corrected chi connectivity index (χ0v) is 18.2. The minimum atomic E-state index is -0.726. The summed E-state index contributed by atoms with van der Waals surface area (Å²) in [7, 11) is 1.50. The van der Waals surface area contributed by atoms with Crippen LogP contribution in [0, 0.1) is 0 Å². The number of hydrogen-bond acceptors (Lipinski definition) is 5. The molecule has 4 aromatic rings. The molecule has 1 heterocycles. The lowest BCUT2D eigenvalue weighted by molar-refractivity contribution is 0.0986. The zero-order chi connectivity index (χ0) is 23.4. The van der Waals surface area contributed by atoms with Gasteiger partial charge in [0.05, 0.1) is 19.7 Å². The maximum atomic E-state index is 13.9. The fourth-order valence-corrected chi connectivity index (χ4v) is 3.82. The van der Waals surface area contributed by atoms with Crippen molar-refractivity contribution in [1.82, 2.24) is 9.55 Å². The number of methoxy groups -OCH3 is 1. The highest BCUT2D eigenvalue weighted by molar-refractivity contribution is 6.14. The van der Waals surface area contributed by atoms with Gasteiger partial charge in [-0.3, -0.25) is 24.0 Å². The molecule has 0 spiro atoms. The summed E-state index contributed by atoms with van der Waals surface area (Å²) in [4.78, 5) is 42.8. The van der Waals surface area contributed by atoms with E-state index in [-0.39, 0.29) is 31.2 Å². The highest BCUT2D eigenvalue weighted by atomic mass is 16.5. The molecule has 168 valence electrons. The van der Waals surface area contributed by atoms with Gasteiger partial charge >= 0.3 is 5.69 Å². The second-order valence-corrected chi connectivity index (χ2v) is 7.54. The summed E-state index contributed by atoms with van der Waals surface area (Å²) in [5.41, 5.74) is 6.08. The van der Waals surface area contributed by atoms with Crippen LogP contribution in [-0.4, -0.2) is 29.2 Å². The van der Waals surface area contributed by atoms with Crippen LogP contribution in [0.4, 0.5) is 11.5 Å². The van der Waals surface area contributed by atoms with E-state index in [1.165, 1.54) is 16.6 Å². The summed E-state index contributed by atoms with van der Waals surface area (Å²) in [6, 6.07) is 22.2. The second-order valence-electron chi connectivity index (χ2n) is 7.54. The minimum Gasteiger partial charge on any atom is -0.383 e. The Bertz CT molecular complexity index is 1400. The summed E-state index contributed by atoms with van der Waals surface area (Å²) >= 11 is 0. The molecule has 8 nitrogen and oxygen atoms in total. The monoisotopic (exact) mass is 444 g/mol. The Morgan fingerprint density at radius 3 is 2.45 bits per heavy atom. The first-order valence-electron chi connectivity index (χ1n) is 10.5. The Kier molecular flexibility index (Phi) is 6.37. The van der Waals surface area contributed by atoms with Gasteiger partial charge in [0.25, 0.3) is 11.5 Å². The van der Waals surface area contributed by atoms with Gasteiger partial charge in [-0.1, -0.05) is 66.7 Å². The molecule has 0 aliphatic carbocycles. The number of ether oxygens (including phenoxy) is 1. The van der Waals surface area contributed by atoms with E-state index in [0.717, 1.165) is 16.3 Å². The lowest BCUT2D eigenvalue weighted by Crippen LogP contribution is -2.41. The summed E-state index contributed by atoms with van der Waals surface area (Å²) < 4.78 is 6.26. The second kappa shape index (κ2) is 9.54. The molecule has 0 radical (unpaired) electrons. The maximum Gasteiger partial charge on any atom is 0.330 e. The van der Waals surface area contributed by atoms with Crippen LogP contribution in [0.25, 0.3) is 10.8 Å². The van der Waals surface area contributed by atoms with Crippen molar-refractivity contribution in [2.24, 2.45) is 0 Å². The van der Waals surface area contributed by atoms with Gasteiger partial charge in [0.15, 0.2) is 5.69 Å². The van der Waals surface area contributed by atoms with Crippen LogP contribution in [0.2, 0.25) is 0 Å². The number of nitrogen functional groups attached to an aromatic ring is 1. The van der Waals surface area contributed by atoms with Crippen LogP contribution in [0.1, 0.15) is 15.9 Å². The molecular formula is C25H24N4O4. The number of fused-ring (bicyclic) bond motifs is 1. The zero-order valence-electron chi connectivity index (χ0n) is 18.2. The molecule has 3 N–H and O–H groups in total. The van der Waals surface area contributed by atoms with E-state index in [1.807, 2.05) is 60.7 Å². The Balaban J connectivity index is 1.90. The highest BCUT2D eigenvalue weighted by Crippen LogP contribution is 2.25. The number of rotatable bonds is 7. The number of nitrogens with one attached hydrogen (secondary N) is 1. The lowest BCUT2D eigenvalue weighted by atomic mass is 10.0. The standard InChI is InChI=1S/C25H24N4O4/c1-33-15-14-28-22(26)21(23(30)27-25(28)32)29(16-17-8-3-2-4-9-17)24(31)20-13-7-11-18-10-5-6-12-19(18)20/h2-13H,14-16,26H2,1H3,(H,27,30,32). The Morgan fingerprint density at radius 2 is 1.70 bits per heavy atom. The number of hydrogen-bond donors (Lipinski definition) is 2. The predicted molar refractivity (Wildman–Crippen MR) is 129 cm³/mol. The maximum absolute atomic E-state index is 13.9. The van der Waals surface area contributed by atoms with E-state index in [4.69, 9.17) is 10.5 Å². The smallest absolute Gasteiger partial charge is 0.330 e. The Morgan fingerprint density at radius 1 is 1.00 bits per heavy atom. The van der Waals surface area contributed by atoms with E-state index in [2.05, 4.69) is 4.98 Å². The van der Waals surface area contributed by atoms with Crippen molar-refractivity contribution in [3.63, 3.8) is 0 Å². The normalized spacial score (nSPS) is 10.9. The van der Waals surface area contributed by atoms with E-state index >= 15 is 0 Å². The average molecular weight is 444 g/mol. The molecule has 4 rings (SSSR count). The summed E-state index contributed by atoms with van der Waals surface area (Å²) in [5, 5.41) is 1.65. The van der Waals surface area contributed by atoms with Crippen molar-refractivity contribution >= 4 is 28.2 Å². The topological polar surface area (TPSA) is 110 Å². The third-order valence-corrected chi connectivity index (χ3v) is 5.45. The molecule has 3 aromatic carbocycles. The largest absolute Gasteiger partial charge is 0.383 e. The van der Waals surface area contributed by atoms with Gasteiger partial charge in [-0.15, -0.1) is 0 Å². The van der Waals surface area contributed by atoms with E-state index in [0.29, 0.717) is 5.56 Å². The molecule has 0 aliphatic rings. The molecule has 0 unspecified atom stereocenters. The number of benzene rings is 3. The van der Waals surface area contributed by atoms with Crippen molar-refractivity contribution in [3.8, 4) is 0 Å². The number of amides is 1. The number of carbonyl (C=O) groups excluding carboxylic acids is 1. The molecule has 1 amide bonds. The van der Waals surface area contributed by atoms with Gasteiger partial charge in [-0.2, -0.15) is 0 Å². The summed E-state index contributed by atoms with van der Waals surface area (Å²) in [6.07, 6.45) is 0. The van der Waals surface area contributed by atoms with Crippen LogP contribution in [0.15, 0.2) is 82.4 Å². The number of nitrogens with two attached hydrogens (primary N) is 1. The fourth-order valence-electron chi connectivity index (χ4n) is 3.82. The van der Waals surface area contributed by atoms with Crippen LogP contribution in [0.5, 0.6) is 0 Å². The highest BCUT2D eigenvalue weighted by Gasteiger charge is 2.26. The van der Waals surface area contributed by atoms with Crippen LogP contribution in [0.3, 0.4) is 0 Å². The first-order chi connectivity index (χ1) is 16.0. The number of nitrogens with zero attached hydrogens (tertiary/aromatic N) is 2. The summed E-state index contributed by atoms with van der Waals surface area (Å²) in [6.45, 7) is 0.441. The van der Waals surface area contributed by atoms with E-state index < -0.39 is 17.2 Å². The number of carbonyl (C=O) groups is 1. The number of aromatic nitrogens is 2. The first-order valence-corrected chi connectivity index (χ1v) is 10.5. The Labute approximate surface area is 189 Å². The molecule has 0 atom stereocenters. The Hall–Kier alpha value is -4.17. The first kappa shape index (κ1) is 22.0. The number of aromatic amines is 1. The minimum absolute atomic E-state index is 0.0764. The van der Waals surface area contributed by atoms with Crippen molar-refractivity contribution in [1.29, 1.82) is 0 Å². The molecular weight excluding hydrogens is 420 g/mol. The number of anilines is 2. The lowest BCUT2D eigenvalue weighted by Gasteiger charge is -2.25. The molecule has 8 heteroatoms. The molecule has 33 heavy (non-hydrogen) atoms. The van der Waals surface area contributed by atoms with Crippen molar-refractivity contribution in [3.05, 3.63) is 105 Å². The van der Waals surface area contributed by atoms with Crippen molar-refractivity contribution < 1.29 is 9.53 Å². The predicted octanol–water partition coefficient (Wildman–Crippen LogP) is 2.77. The third kappa shape index (κ3) is 4.42. The van der Waals surface area contributed by atoms with Gasteiger partial charge in [0, 0.05) is 12.7 Å². The van der Waals surface area contributed by atoms with E-state index in [9.17, 15) is 14.4 Å². The molecule has 0 aliphatic heterocycles. The van der Waals surface area contributed by atoms with Crippen molar-refractivity contribution in [2.45, 2.75) is 13.1 Å². The van der Waals surface area contributed by atoms with Crippen molar-refractivity contribution in [2.75, 3.05) is 24.4 Å². The molecule has 0 fully saturated rings. The quantitative estimate of drug-likeness (QED) is 0.455. The van der Waals surface area contributed by atoms with Gasteiger partial charge < -0.3 is 10.5 Å². The van der Waals surface area contributed by atoms with Gasteiger partial charge in [0.1, 0.15) is 5.82 Å². The van der Waals surface area contributed by atoms with Crippen LogP contribution < -0.4 is 21.9 Å². The third-order valence-electron chi connectivity index (χ3n) is 5.45. The van der Waals surface area contributed by atoms with Gasteiger partial charge in [-0.05, 0) is 22.4 Å². The molecule has 1 aromatic heterocycles. The van der Waals surface area contributed by atoms with Crippen LogP contribution >= 0.6 is 0 Å². The fraction of sp³-hybridized carbons (Fsp3) is 0.160. The number of H-pyrrole nitrogens is 1.